The maximum atomic E-state index is 12.1. The van der Waals surface area contributed by atoms with Crippen LogP contribution in [0.1, 0.15) is 31.9 Å². The van der Waals surface area contributed by atoms with Crippen molar-refractivity contribution in [3.8, 4) is 0 Å². The first-order valence-electron chi connectivity index (χ1n) is 7.22. The number of carbonyl (C=O) groups is 1. The molecule has 0 aromatic heterocycles. The number of amides is 1. The third-order valence-corrected chi connectivity index (χ3v) is 3.78. The Morgan fingerprint density at radius 1 is 1.30 bits per heavy atom. The summed E-state index contributed by atoms with van der Waals surface area (Å²) in [5, 5.41) is 0. The molecule has 1 saturated heterocycles. The number of hydrogen-bond donors (Lipinski definition) is 1. The number of benzene rings is 1. The first-order valence-corrected chi connectivity index (χ1v) is 7.22. The van der Waals surface area contributed by atoms with E-state index >= 15 is 0 Å². The van der Waals surface area contributed by atoms with Crippen LogP contribution in [0.4, 0.5) is 5.69 Å². The van der Waals surface area contributed by atoms with Gasteiger partial charge in [0.25, 0.3) is 0 Å². The zero-order valence-electron chi connectivity index (χ0n) is 12.8. The number of likely N-dealkylation sites (tertiary alicyclic amines) is 1. The van der Waals surface area contributed by atoms with Crippen LogP contribution in [-0.4, -0.2) is 37.5 Å². The fourth-order valence-corrected chi connectivity index (χ4v) is 2.82. The zero-order valence-corrected chi connectivity index (χ0v) is 12.8. The lowest BCUT2D eigenvalue weighted by molar-refractivity contribution is -0.129. The van der Waals surface area contributed by atoms with Crippen molar-refractivity contribution in [3.05, 3.63) is 29.8 Å². The van der Waals surface area contributed by atoms with Crippen LogP contribution in [0.3, 0.4) is 0 Å². The molecule has 1 amide bonds. The Morgan fingerprint density at radius 2 is 1.90 bits per heavy atom. The smallest absolute Gasteiger partial charge is 0.224 e. The summed E-state index contributed by atoms with van der Waals surface area (Å²) in [6.07, 6.45) is 0.451. The summed E-state index contributed by atoms with van der Waals surface area (Å²) in [5.41, 5.74) is 8.48. The molecule has 0 radical (unpaired) electrons. The van der Waals surface area contributed by atoms with Crippen LogP contribution in [0, 0.1) is 5.92 Å². The van der Waals surface area contributed by atoms with Crippen molar-refractivity contribution in [2.75, 3.05) is 25.5 Å². The highest BCUT2D eigenvalue weighted by atomic mass is 16.2. The molecule has 2 atom stereocenters. The Kier molecular flexibility index (Phi) is 4.33. The van der Waals surface area contributed by atoms with E-state index in [9.17, 15) is 4.79 Å². The Labute approximate surface area is 121 Å². The third kappa shape index (κ3) is 2.96. The molecule has 1 aromatic rings. The van der Waals surface area contributed by atoms with Crippen LogP contribution in [0.2, 0.25) is 0 Å². The minimum atomic E-state index is -0.105. The SMILES string of the molecule is CC(C)CN1C(=O)CC(N)C1c1ccc(N(C)C)cc1. The monoisotopic (exact) mass is 275 g/mol. The minimum absolute atomic E-state index is 0.0149. The van der Waals surface area contributed by atoms with Gasteiger partial charge >= 0.3 is 0 Å². The van der Waals surface area contributed by atoms with Gasteiger partial charge < -0.3 is 15.5 Å². The number of nitrogens with two attached hydrogens (primary N) is 1. The molecule has 1 aromatic carbocycles. The van der Waals surface area contributed by atoms with Crippen LogP contribution in [0.15, 0.2) is 24.3 Å². The molecule has 1 fully saturated rings. The van der Waals surface area contributed by atoms with Gasteiger partial charge in [0.15, 0.2) is 0 Å². The largest absolute Gasteiger partial charge is 0.378 e. The molecule has 1 aliphatic rings. The van der Waals surface area contributed by atoms with Crippen LogP contribution >= 0.6 is 0 Å². The van der Waals surface area contributed by atoms with Crippen LogP contribution in [0.5, 0.6) is 0 Å². The molecule has 0 aliphatic carbocycles. The number of rotatable bonds is 4. The Balaban J connectivity index is 2.25. The molecule has 1 heterocycles. The van der Waals surface area contributed by atoms with Crippen LogP contribution < -0.4 is 10.6 Å². The van der Waals surface area contributed by atoms with Gasteiger partial charge in [-0.25, -0.2) is 0 Å². The van der Waals surface area contributed by atoms with E-state index in [0.29, 0.717) is 12.3 Å². The van der Waals surface area contributed by atoms with E-state index in [2.05, 4.69) is 43.0 Å². The summed E-state index contributed by atoms with van der Waals surface area (Å²) in [6.45, 7) is 5.03. The lowest BCUT2D eigenvalue weighted by Gasteiger charge is -2.29. The molecular formula is C16H25N3O. The third-order valence-electron chi connectivity index (χ3n) is 3.78. The first-order chi connectivity index (χ1) is 9.40. The number of nitrogens with zero attached hydrogens (tertiary/aromatic N) is 2. The van der Waals surface area contributed by atoms with Crippen molar-refractivity contribution in [3.63, 3.8) is 0 Å². The van der Waals surface area contributed by atoms with Gasteiger partial charge in [0.05, 0.1) is 6.04 Å². The molecule has 4 nitrogen and oxygen atoms in total. The molecule has 2 rings (SSSR count). The Morgan fingerprint density at radius 3 is 2.40 bits per heavy atom. The Hall–Kier alpha value is -1.55. The van der Waals surface area contributed by atoms with Gasteiger partial charge in [0, 0.05) is 38.8 Å². The van der Waals surface area contributed by atoms with E-state index in [4.69, 9.17) is 5.73 Å². The summed E-state index contributed by atoms with van der Waals surface area (Å²) in [5.74, 6) is 0.626. The van der Waals surface area contributed by atoms with Gasteiger partial charge in [-0.3, -0.25) is 4.79 Å². The molecule has 2 N–H and O–H groups in total. The van der Waals surface area contributed by atoms with E-state index in [1.54, 1.807) is 0 Å². The highest BCUT2D eigenvalue weighted by Crippen LogP contribution is 2.33. The van der Waals surface area contributed by atoms with Gasteiger partial charge in [-0.1, -0.05) is 26.0 Å². The zero-order chi connectivity index (χ0) is 14.9. The predicted octanol–water partition coefficient (Wildman–Crippen LogP) is 2.01. The summed E-state index contributed by atoms with van der Waals surface area (Å²) in [6, 6.07) is 8.25. The number of hydrogen-bond acceptors (Lipinski definition) is 3. The van der Waals surface area contributed by atoms with E-state index < -0.39 is 0 Å². The van der Waals surface area contributed by atoms with Crippen molar-refractivity contribution in [1.29, 1.82) is 0 Å². The molecule has 4 heteroatoms. The van der Waals surface area contributed by atoms with E-state index in [1.807, 2.05) is 19.0 Å². The maximum Gasteiger partial charge on any atom is 0.224 e. The molecular weight excluding hydrogens is 250 g/mol. The van der Waals surface area contributed by atoms with Crippen LogP contribution in [0.25, 0.3) is 0 Å². The molecule has 0 saturated carbocycles. The second-order valence-corrected chi connectivity index (χ2v) is 6.24. The molecule has 0 spiro atoms. The number of carbonyl (C=O) groups excluding carboxylic acids is 1. The van der Waals surface area contributed by atoms with Gasteiger partial charge in [-0.15, -0.1) is 0 Å². The molecule has 20 heavy (non-hydrogen) atoms. The van der Waals surface area contributed by atoms with E-state index in [1.165, 1.54) is 0 Å². The van der Waals surface area contributed by atoms with Gasteiger partial charge in [0.1, 0.15) is 0 Å². The first kappa shape index (κ1) is 14.9. The van der Waals surface area contributed by atoms with E-state index in [-0.39, 0.29) is 18.0 Å². The van der Waals surface area contributed by atoms with Crippen molar-refractivity contribution >= 4 is 11.6 Å². The van der Waals surface area contributed by atoms with Crippen LogP contribution in [-0.2, 0) is 4.79 Å². The van der Waals surface area contributed by atoms with Crippen molar-refractivity contribution in [1.82, 2.24) is 4.90 Å². The summed E-state index contributed by atoms with van der Waals surface area (Å²) in [7, 11) is 4.04. The van der Waals surface area contributed by atoms with Crippen molar-refractivity contribution in [2.24, 2.45) is 11.7 Å². The highest BCUT2D eigenvalue weighted by molar-refractivity contribution is 5.80. The van der Waals surface area contributed by atoms with Gasteiger partial charge in [0.2, 0.25) is 5.91 Å². The predicted molar refractivity (Wildman–Crippen MR) is 82.7 cm³/mol. The lowest BCUT2D eigenvalue weighted by atomic mass is 10.00. The standard InChI is InChI=1S/C16H25N3O/c1-11(2)10-19-15(20)9-14(17)16(19)12-5-7-13(8-6-12)18(3)4/h5-8,11,14,16H,9-10,17H2,1-4H3. The average Bonchev–Trinajstić information content (AvgIpc) is 2.64. The Bertz CT molecular complexity index is 467. The van der Waals surface area contributed by atoms with Gasteiger partial charge in [-0.05, 0) is 23.6 Å². The average molecular weight is 275 g/mol. The molecule has 2 unspecified atom stereocenters. The summed E-state index contributed by atoms with van der Waals surface area (Å²) < 4.78 is 0. The highest BCUT2D eigenvalue weighted by Gasteiger charge is 2.38. The number of anilines is 1. The molecule has 0 bridgehead atoms. The second-order valence-electron chi connectivity index (χ2n) is 6.24. The van der Waals surface area contributed by atoms with Gasteiger partial charge in [-0.2, -0.15) is 0 Å². The normalized spacial score (nSPS) is 22.7. The fraction of sp³-hybridized carbons (Fsp3) is 0.562. The quantitative estimate of drug-likeness (QED) is 0.914. The van der Waals surface area contributed by atoms with E-state index in [0.717, 1.165) is 17.8 Å². The maximum absolute atomic E-state index is 12.1. The summed E-state index contributed by atoms with van der Waals surface area (Å²) in [4.78, 5) is 16.1. The summed E-state index contributed by atoms with van der Waals surface area (Å²) >= 11 is 0. The van der Waals surface area contributed by atoms with Crippen molar-refractivity contribution in [2.45, 2.75) is 32.4 Å². The second kappa shape index (κ2) is 5.83. The fourth-order valence-electron chi connectivity index (χ4n) is 2.82. The minimum Gasteiger partial charge on any atom is -0.378 e. The lowest BCUT2D eigenvalue weighted by Crippen LogP contribution is -2.35. The molecule has 1 aliphatic heterocycles. The topological polar surface area (TPSA) is 49.6 Å². The molecule has 110 valence electrons. The van der Waals surface area contributed by atoms with Crippen molar-refractivity contribution < 1.29 is 4.79 Å².